The molecule has 1 aliphatic rings. The van der Waals surface area contributed by atoms with Gasteiger partial charge in [0.1, 0.15) is 6.10 Å². The molecule has 8 nitrogen and oxygen atoms in total. The lowest BCUT2D eigenvalue weighted by molar-refractivity contribution is 0.0511. The molecular formula is C21H27N3O5. The Morgan fingerprint density at radius 1 is 1.03 bits per heavy atom. The second-order valence-electron chi connectivity index (χ2n) is 6.95. The summed E-state index contributed by atoms with van der Waals surface area (Å²) in [6.45, 7) is 4.90. The Morgan fingerprint density at radius 3 is 2.34 bits per heavy atom. The van der Waals surface area contributed by atoms with Crippen LogP contribution in [0.2, 0.25) is 0 Å². The maximum atomic E-state index is 13.2. The van der Waals surface area contributed by atoms with E-state index in [1.165, 1.54) is 14.2 Å². The predicted molar refractivity (Wildman–Crippen MR) is 107 cm³/mol. The third-order valence-electron chi connectivity index (χ3n) is 4.83. The van der Waals surface area contributed by atoms with Gasteiger partial charge in [-0.05, 0) is 44.9 Å². The highest BCUT2D eigenvalue weighted by Crippen LogP contribution is 2.40. The fourth-order valence-electron chi connectivity index (χ4n) is 3.55. The zero-order valence-electron chi connectivity index (χ0n) is 17.5. The van der Waals surface area contributed by atoms with Crippen LogP contribution in [0.15, 0.2) is 18.2 Å². The average molecular weight is 401 g/mol. The molecule has 1 atom stereocenters. The van der Waals surface area contributed by atoms with Crippen LogP contribution in [0.5, 0.6) is 23.3 Å². The van der Waals surface area contributed by atoms with Gasteiger partial charge < -0.3 is 23.8 Å². The molecule has 0 radical (unpaired) electrons. The summed E-state index contributed by atoms with van der Waals surface area (Å²) in [5.41, 5.74) is 2.13. The van der Waals surface area contributed by atoms with Crippen molar-refractivity contribution < 1.29 is 23.7 Å². The Balaban J connectivity index is 1.79. The number of methoxy groups -OCH3 is 3. The first-order valence-electron chi connectivity index (χ1n) is 9.54. The number of carbonyl (C=O) groups excluding carboxylic acids is 1. The minimum atomic E-state index is -0.167. The van der Waals surface area contributed by atoms with Crippen molar-refractivity contribution in [2.24, 2.45) is 0 Å². The number of amides is 1. The van der Waals surface area contributed by atoms with Crippen molar-refractivity contribution in [3.8, 4) is 23.3 Å². The van der Waals surface area contributed by atoms with Crippen molar-refractivity contribution in [2.75, 3.05) is 34.4 Å². The van der Waals surface area contributed by atoms with Crippen LogP contribution in [0.4, 0.5) is 0 Å². The molecule has 1 aliphatic heterocycles. The lowest BCUT2D eigenvalue weighted by atomic mass is 10.1. The molecule has 1 unspecified atom stereocenters. The summed E-state index contributed by atoms with van der Waals surface area (Å²) < 4.78 is 22.1. The van der Waals surface area contributed by atoms with Crippen molar-refractivity contribution in [3.05, 3.63) is 35.2 Å². The third kappa shape index (κ3) is 4.52. The molecule has 0 spiro atoms. The number of hydrogen-bond donors (Lipinski definition) is 0. The lowest BCUT2D eigenvalue weighted by Gasteiger charge is -2.33. The lowest BCUT2D eigenvalue weighted by Crippen LogP contribution is -2.44. The number of piperidine rings is 1. The number of likely N-dealkylation sites (tertiary alicyclic amines) is 1. The molecule has 2 aromatic rings. The molecule has 0 N–H and O–H groups in total. The quantitative estimate of drug-likeness (QED) is 0.736. The van der Waals surface area contributed by atoms with Gasteiger partial charge in [0, 0.05) is 17.9 Å². The van der Waals surface area contributed by atoms with E-state index in [1.807, 2.05) is 19.9 Å². The van der Waals surface area contributed by atoms with Gasteiger partial charge in [0.2, 0.25) is 5.75 Å². The second-order valence-corrected chi connectivity index (χ2v) is 6.95. The SMILES string of the molecule is COc1ccc(C(=O)N2CCCC(Oc3nc(C)cc(C)n3)C2)c(OC)c1OC. The van der Waals surface area contributed by atoms with Crippen LogP contribution in [0, 0.1) is 13.8 Å². The van der Waals surface area contributed by atoms with E-state index in [1.54, 1.807) is 24.1 Å². The summed E-state index contributed by atoms with van der Waals surface area (Å²) in [5.74, 6) is 1.12. The number of carbonyl (C=O) groups is 1. The smallest absolute Gasteiger partial charge is 0.317 e. The Labute approximate surface area is 170 Å². The molecule has 0 aliphatic carbocycles. The van der Waals surface area contributed by atoms with E-state index in [0.717, 1.165) is 24.2 Å². The van der Waals surface area contributed by atoms with Crippen LogP contribution >= 0.6 is 0 Å². The van der Waals surface area contributed by atoms with Crippen molar-refractivity contribution >= 4 is 5.91 Å². The number of aryl methyl sites for hydroxylation is 2. The maximum Gasteiger partial charge on any atom is 0.317 e. The van der Waals surface area contributed by atoms with Crippen molar-refractivity contribution in [1.29, 1.82) is 0 Å². The van der Waals surface area contributed by atoms with E-state index in [4.69, 9.17) is 18.9 Å². The number of ether oxygens (including phenoxy) is 4. The van der Waals surface area contributed by atoms with Gasteiger partial charge in [-0.2, -0.15) is 0 Å². The fraction of sp³-hybridized carbons (Fsp3) is 0.476. The number of rotatable bonds is 6. The van der Waals surface area contributed by atoms with E-state index in [2.05, 4.69) is 9.97 Å². The topological polar surface area (TPSA) is 83.0 Å². The zero-order valence-corrected chi connectivity index (χ0v) is 17.5. The van der Waals surface area contributed by atoms with Gasteiger partial charge in [-0.3, -0.25) is 4.79 Å². The number of hydrogen-bond acceptors (Lipinski definition) is 7. The van der Waals surface area contributed by atoms with E-state index in [9.17, 15) is 4.79 Å². The van der Waals surface area contributed by atoms with Crippen LogP contribution in [0.25, 0.3) is 0 Å². The molecule has 1 fully saturated rings. The van der Waals surface area contributed by atoms with Crippen LogP contribution in [0.3, 0.4) is 0 Å². The van der Waals surface area contributed by atoms with Crippen molar-refractivity contribution in [3.63, 3.8) is 0 Å². The van der Waals surface area contributed by atoms with Gasteiger partial charge in [-0.15, -0.1) is 0 Å². The Morgan fingerprint density at radius 2 is 1.72 bits per heavy atom. The molecule has 1 aromatic carbocycles. The Bertz CT molecular complexity index is 867. The Kier molecular flexibility index (Phi) is 6.41. The molecular weight excluding hydrogens is 374 g/mol. The van der Waals surface area contributed by atoms with Crippen LogP contribution in [-0.4, -0.2) is 61.3 Å². The molecule has 156 valence electrons. The highest BCUT2D eigenvalue weighted by Gasteiger charge is 2.29. The van der Waals surface area contributed by atoms with Crippen molar-refractivity contribution in [1.82, 2.24) is 14.9 Å². The standard InChI is InChI=1S/C21H27N3O5/c1-13-11-14(2)23-21(22-13)29-15-7-6-10-24(12-15)20(25)16-8-9-17(26-3)19(28-5)18(16)27-4/h8-9,11,15H,6-7,10,12H2,1-5H3. The van der Waals surface area contributed by atoms with E-state index in [-0.39, 0.29) is 12.0 Å². The van der Waals surface area contributed by atoms with E-state index in [0.29, 0.717) is 41.9 Å². The molecule has 29 heavy (non-hydrogen) atoms. The molecule has 2 heterocycles. The van der Waals surface area contributed by atoms with Gasteiger partial charge in [0.25, 0.3) is 5.91 Å². The summed E-state index contributed by atoms with van der Waals surface area (Å²) in [6, 6.07) is 5.65. The molecule has 1 saturated heterocycles. The molecule has 1 aromatic heterocycles. The second kappa shape index (κ2) is 8.98. The molecule has 3 rings (SSSR count). The van der Waals surface area contributed by atoms with Crippen molar-refractivity contribution in [2.45, 2.75) is 32.8 Å². The summed E-state index contributed by atoms with van der Waals surface area (Å²) in [5, 5.41) is 0. The molecule has 8 heteroatoms. The monoisotopic (exact) mass is 401 g/mol. The first-order valence-corrected chi connectivity index (χ1v) is 9.54. The maximum absolute atomic E-state index is 13.2. The molecule has 0 bridgehead atoms. The molecule has 0 saturated carbocycles. The largest absolute Gasteiger partial charge is 0.493 e. The minimum absolute atomic E-state index is 0.141. The van der Waals surface area contributed by atoms with Gasteiger partial charge in [-0.25, -0.2) is 9.97 Å². The van der Waals surface area contributed by atoms with Gasteiger partial charge in [0.05, 0.1) is 33.4 Å². The Hall–Kier alpha value is -3.03. The minimum Gasteiger partial charge on any atom is -0.493 e. The zero-order chi connectivity index (χ0) is 21.0. The first kappa shape index (κ1) is 20.7. The number of nitrogens with zero attached hydrogens (tertiary/aromatic N) is 3. The van der Waals surface area contributed by atoms with E-state index < -0.39 is 0 Å². The summed E-state index contributed by atoms with van der Waals surface area (Å²) in [7, 11) is 4.57. The van der Waals surface area contributed by atoms with Crippen LogP contribution in [-0.2, 0) is 0 Å². The third-order valence-corrected chi connectivity index (χ3v) is 4.83. The normalized spacial score (nSPS) is 16.3. The summed E-state index contributed by atoms with van der Waals surface area (Å²) >= 11 is 0. The average Bonchev–Trinajstić information content (AvgIpc) is 2.71. The van der Waals surface area contributed by atoms with Crippen LogP contribution in [0.1, 0.15) is 34.6 Å². The number of aromatic nitrogens is 2. The highest BCUT2D eigenvalue weighted by atomic mass is 16.5. The summed E-state index contributed by atoms with van der Waals surface area (Å²) in [4.78, 5) is 23.7. The highest BCUT2D eigenvalue weighted by molar-refractivity contribution is 5.98. The predicted octanol–water partition coefficient (Wildman–Crippen LogP) is 2.80. The fourth-order valence-corrected chi connectivity index (χ4v) is 3.55. The first-order chi connectivity index (χ1) is 14.0. The van der Waals surface area contributed by atoms with Gasteiger partial charge in [-0.1, -0.05) is 0 Å². The molecule has 1 amide bonds. The van der Waals surface area contributed by atoms with Gasteiger partial charge >= 0.3 is 6.01 Å². The summed E-state index contributed by atoms with van der Waals surface area (Å²) in [6.07, 6.45) is 1.50. The van der Waals surface area contributed by atoms with Gasteiger partial charge in [0.15, 0.2) is 11.5 Å². The van der Waals surface area contributed by atoms with E-state index >= 15 is 0 Å². The number of benzene rings is 1. The van der Waals surface area contributed by atoms with Crippen LogP contribution < -0.4 is 18.9 Å².